The zero-order valence-corrected chi connectivity index (χ0v) is 19.0. The maximum Gasteiger partial charge on any atom is 0.165 e. The van der Waals surface area contributed by atoms with E-state index in [1.165, 1.54) is 42.4 Å². The van der Waals surface area contributed by atoms with Crippen molar-refractivity contribution in [2.45, 2.75) is 57.3 Å². The molecule has 0 aromatic heterocycles. The number of benzene rings is 3. The molecule has 0 heterocycles. The Labute approximate surface area is 192 Å². The molecule has 0 bridgehead atoms. The number of aryl methyl sites for hydroxylation is 1. The smallest absolute Gasteiger partial charge is 0.165 e. The largest absolute Gasteiger partial charge is 0.491 e. The van der Waals surface area contributed by atoms with Crippen LogP contribution < -0.4 is 4.74 Å². The van der Waals surface area contributed by atoms with Crippen LogP contribution in [0.25, 0.3) is 11.1 Å². The van der Waals surface area contributed by atoms with E-state index in [0.717, 1.165) is 24.0 Å². The number of hydrogen-bond acceptors (Lipinski definition) is 1. The average Bonchev–Trinajstić information content (AvgIpc) is 2.85. The van der Waals surface area contributed by atoms with Crippen molar-refractivity contribution in [3.63, 3.8) is 0 Å². The van der Waals surface area contributed by atoms with Gasteiger partial charge in [-0.1, -0.05) is 60.7 Å². The first-order chi connectivity index (χ1) is 15.7. The van der Waals surface area contributed by atoms with Crippen molar-refractivity contribution in [1.82, 2.24) is 0 Å². The summed E-state index contributed by atoms with van der Waals surface area (Å²) >= 11 is 0. The minimum Gasteiger partial charge on any atom is -0.491 e. The minimum atomic E-state index is -0.305. The Kier molecular flexibility index (Phi) is 7.42. The van der Waals surface area contributed by atoms with Gasteiger partial charge in [-0.25, -0.2) is 4.39 Å². The van der Waals surface area contributed by atoms with Crippen molar-refractivity contribution in [2.24, 2.45) is 0 Å². The summed E-state index contributed by atoms with van der Waals surface area (Å²) in [5.41, 5.74) is 6.21. The van der Waals surface area contributed by atoms with Crippen LogP contribution in [0, 0.1) is 5.82 Å². The molecule has 1 fully saturated rings. The lowest BCUT2D eigenvalue weighted by molar-refractivity contribution is 0.321. The third-order valence-corrected chi connectivity index (χ3v) is 6.76. The number of halogens is 1. The molecule has 0 saturated heterocycles. The van der Waals surface area contributed by atoms with Crippen molar-refractivity contribution >= 4 is 0 Å². The summed E-state index contributed by atoms with van der Waals surface area (Å²) in [6.07, 6.45) is 9.02. The standard InChI is InChI=1S/C30H33FO/c1-3-5-6-22-7-9-23(10-8-22)24-11-13-25(14-12-24)26-15-17-27(18-16-26)28-19-20-30(32-4-2)29(31)21-28/h3,7-10,15-21,24-25H,1,4-6,11-14H2,2H3. The van der Waals surface area contributed by atoms with Crippen LogP contribution in [0.2, 0.25) is 0 Å². The molecule has 1 aliphatic rings. The molecular weight excluding hydrogens is 395 g/mol. The summed E-state index contributed by atoms with van der Waals surface area (Å²) < 4.78 is 19.5. The van der Waals surface area contributed by atoms with Gasteiger partial charge in [0.2, 0.25) is 0 Å². The Hall–Kier alpha value is -2.87. The molecule has 0 atom stereocenters. The van der Waals surface area contributed by atoms with Gasteiger partial charge in [-0.05, 0) is 97.2 Å². The van der Waals surface area contributed by atoms with Crippen molar-refractivity contribution in [2.75, 3.05) is 6.61 Å². The minimum absolute atomic E-state index is 0.305. The zero-order valence-electron chi connectivity index (χ0n) is 19.0. The molecule has 0 N–H and O–H groups in total. The zero-order chi connectivity index (χ0) is 22.3. The fraction of sp³-hybridized carbons (Fsp3) is 0.333. The van der Waals surface area contributed by atoms with Gasteiger partial charge in [-0.3, -0.25) is 0 Å². The SMILES string of the molecule is C=CCCc1ccc(C2CCC(c3ccc(-c4ccc(OCC)c(F)c4)cc3)CC2)cc1. The van der Waals surface area contributed by atoms with E-state index in [-0.39, 0.29) is 5.82 Å². The molecule has 3 aromatic carbocycles. The molecule has 4 rings (SSSR count). The molecule has 2 heteroatoms. The lowest BCUT2D eigenvalue weighted by atomic mass is 9.76. The Morgan fingerprint density at radius 2 is 1.41 bits per heavy atom. The van der Waals surface area contributed by atoms with Crippen molar-refractivity contribution in [3.05, 3.63) is 102 Å². The molecule has 1 nitrogen and oxygen atoms in total. The van der Waals surface area contributed by atoms with Gasteiger partial charge in [0.05, 0.1) is 6.61 Å². The highest BCUT2D eigenvalue weighted by Gasteiger charge is 2.23. The van der Waals surface area contributed by atoms with Crippen molar-refractivity contribution in [1.29, 1.82) is 0 Å². The molecule has 0 radical (unpaired) electrons. The van der Waals surface area contributed by atoms with Crippen LogP contribution >= 0.6 is 0 Å². The average molecular weight is 429 g/mol. The molecule has 166 valence electrons. The van der Waals surface area contributed by atoms with Gasteiger partial charge in [0.25, 0.3) is 0 Å². The molecule has 3 aromatic rings. The van der Waals surface area contributed by atoms with Crippen LogP contribution in [0.3, 0.4) is 0 Å². The van der Waals surface area contributed by atoms with Gasteiger partial charge in [-0.15, -0.1) is 6.58 Å². The molecule has 0 aliphatic heterocycles. The van der Waals surface area contributed by atoms with E-state index in [0.29, 0.717) is 24.2 Å². The first kappa shape index (κ1) is 22.3. The van der Waals surface area contributed by atoms with E-state index in [2.05, 4.69) is 55.1 Å². The fourth-order valence-corrected chi connectivity index (χ4v) is 4.89. The quantitative estimate of drug-likeness (QED) is 0.327. The van der Waals surface area contributed by atoms with Crippen LogP contribution in [-0.4, -0.2) is 6.61 Å². The molecule has 0 spiro atoms. The van der Waals surface area contributed by atoms with Crippen LogP contribution in [-0.2, 0) is 6.42 Å². The third-order valence-electron chi connectivity index (χ3n) is 6.76. The number of allylic oxidation sites excluding steroid dienone is 1. The van der Waals surface area contributed by atoms with Crippen LogP contribution in [0.15, 0.2) is 79.4 Å². The van der Waals surface area contributed by atoms with Gasteiger partial charge in [0.1, 0.15) is 0 Å². The highest BCUT2D eigenvalue weighted by Crippen LogP contribution is 2.41. The van der Waals surface area contributed by atoms with Gasteiger partial charge >= 0.3 is 0 Å². The first-order valence-corrected chi connectivity index (χ1v) is 11.9. The lowest BCUT2D eigenvalue weighted by Crippen LogP contribution is -2.12. The van der Waals surface area contributed by atoms with Crippen LogP contribution in [0.4, 0.5) is 4.39 Å². The Bertz CT molecular complexity index is 1010. The highest BCUT2D eigenvalue weighted by atomic mass is 19.1. The summed E-state index contributed by atoms with van der Waals surface area (Å²) in [5.74, 6) is 1.30. The Morgan fingerprint density at radius 1 is 0.844 bits per heavy atom. The second kappa shape index (κ2) is 10.6. The second-order valence-electron chi connectivity index (χ2n) is 8.82. The summed E-state index contributed by atoms with van der Waals surface area (Å²) in [6, 6.07) is 23.1. The Morgan fingerprint density at radius 3 is 1.94 bits per heavy atom. The van der Waals surface area contributed by atoms with Crippen LogP contribution in [0.5, 0.6) is 5.75 Å². The van der Waals surface area contributed by atoms with E-state index in [4.69, 9.17) is 4.74 Å². The monoisotopic (exact) mass is 428 g/mol. The van der Waals surface area contributed by atoms with Gasteiger partial charge < -0.3 is 4.74 Å². The maximum atomic E-state index is 14.2. The molecule has 1 aliphatic carbocycles. The van der Waals surface area contributed by atoms with E-state index >= 15 is 0 Å². The van der Waals surface area contributed by atoms with Crippen molar-refractivity contribution in [3.8, 4) is 16.9 Å². The molecule has 1 saturated carbocycles. The topological polar surface area (TPSA) is 9.23 Å². The van der Waals surface area contributed by atoms with Crippen LogP contribution in [0.1, 0.15) is 67.6 Å². The van der Waals surface area contributed by atoms with Gasteiger partial charge in [0.15, 0.2) is 11.6 Å². The Balaban J connectivity index is 1.36. The predicted molar refractivity (Wildman–Crippen MR) is 132 cm³/mol. The number of hydrogen-bond donors (Lipinski definition) is 0. The van der Waals surface area contributed by atoms with E-state index < -0.39 is 0 Å². The highest BCUT2D eigenvalue weighted by molar-refractivity contribution is 5.64. The first-order valence-electron chi connectivity index (χ1n) is 11.9. The third kappa shape index (κ3) is 5.30. The second-order valence-corrected chi connectivity index (χ2v) is 8.82. The predicted octanol–water partition coefficient (Wildman–Crippen LogP) is 8.45. The maximum absolute atomic E-state index is 14.2. The van der Waals surface area contributed by atoms with Crippen molar-refractivity contribution < 1.29 is 9.13 Å². The lowest BCUT2D eigenvalue weighted by Gasteiger charge is -2.29. The van der Waals surface area contributed by atoms with Gasteiger partial charge in [0, 0.05) is 0 Å². The molecule has 32 heavy (non-hydrogen) atoms. The number of rotatable bonds is 8. The summed E-state index contributed by atoms with van der Waals surface area (Å²) in [7, 11) is 0. The normalized spacial score (nSPS) is 18.3. The fourth-order valence-electron chi connectivity index (χ4n) is 4.89. The molecular formula is C30H33FO. The summed E-state index contributed by atoms with van der Waals surface area (Å²) in [4.78, 5) is 0. The summed E-state index contributed by atoms with van der Waals surface area (Å²) in [6.45, 7) is 6.14. The number of ether oxygens (including phenoxy) is 1. The van der Waals surface area contributed by atoms with E-state index in [9.17, 15) is 4.39 Å². The van der Waals surface area contributed by atoms with E-state index in [1.807, 2.05) is 19.1 Å². The molecule has 0 unspecified atom stereocenters. The summed E-state index contributed by atoms with van der Waals surface area (Å²) in [5, 5.41) is 0. The van der Waals surface area contributed by atoms with Gasteiger partial charge in [-0.2, -0.15) is 0 Å². The van der Waals surface area contributed by atoms with E-state index in [1.54, 1.807) is 12.1 Å². The molecule has 0 amide bonds.